The van der Waals surface area contributed by atoms with Crippen LogP contribution in [0.15, 0.2) is 48.5 Å². The second-order valence-corrected chi connectivity index (χ2v) is 8.06. The molecule has 154 valence electrons. The van der Waals surface area contributed by atoms with Crippen LogP contribution in [0.5, 0.6) is 5.75 Å². The van der Waals surface area contributed by atoms with Crippen LogP contribution in [0.25, 0.3) is 0 Å². The molecule has 0 bridgehead atoms. The molecule has 1 fully saturated rings. The number of ether oxygens (including phenoxy) is 1. The Kier molecular flexibility index (Phi) is 6.45. The number of methoxy groups -OCH3 is 1. The minimum atomic E-state index is -0.905. The third-order valence-electron chi connectivity index (χ3n) is 5.17. The van der Waals surface area contributed by atoms with Gasteiger partial charge in [0, 0.05) is 11.6 Å². The lowest BCUT2D eigenvalue weighted by Gasteiger charge is -2.24. The summed E-state index contributed by atoms with van der Waals surface area (Å²) in [7, 11) is 3.50. The lowest BCUT2D eigenvalue weighted by atomic mass is 9.93. The number of urea groups is 1. The summed E-state index contributed by atoms with van der Waals surface area (Å²) in [4.78, 5) is 28.6. The van der Waals surface area contributed by atoms with E-state index in [9.17, 15) is 9.59 Å². The number of hydrogen-bond acceptors (Lipinski definition) is 4. The minimum absolute atomic E-state index is 0.195. The molecule has 6 nitrogen and oxygen atoms in total. The molecule has 3 amide bonds. The zero-order valence-electron chi connectivity index (χ0n) is 16.9. The van der Waals surface area contributed by atoms with Crippen LogP contribution in [-0.2, 0) is 17.8 Å². The fourth-order valence-corrected chi connectivity index (χ4v) is 3.55. The van der Waals surface area contributed by atoms with Crippen LogP contribution < -0.4 is 10.1 Å². The van der Waals surface area contributed by atoms with Gasteiger partial charge in [0.2, 0.25) is 0 Å². The van der Waals surface area contributed by atoms with Crippen LogP contribution in [0.4, 0.5) is 4.79 Å². The summed E-state index contributed by atoms with van der Waals surface area (Å²) in [6, 6.07) is 14.9. The van der Waals surface area contributed by atoms with Gasteiger partial charge in [-0.1, -0.05) is 35.9 Å². The average molecular weight is 416 g/mol. The molecule has 2 aromatic rings. The van der Waals surface area contributed by atoms with Crippen molar-refractivity contribution in [1.29, 1.82) is 0 Å². The largest absolute Gasteiger partial charge is 0.497 e. The highest BCUT2D eigenvalue weighted by atomic mass is 35.5. The molecular formula is C22H26ClN3O3. The summed E-state index contributed by atoms with van der Waals surface area (Å²) in [6.45, 7) is 2.62. The Hall–Kier alpha value is -2.57. The smallest absolute Gasteiger partial charge is 0.326 e. The number of carbonyl (C=O) groups is 2. The Morgan fingerprint density at radius 1 is 1.07 bits per heavy atom. The van der Waals surface area contributed by atoms with Gasteiger partial charge in [-0.05, 0) is 62.2 Å². The van der Waals surface area contributed by atoms with Crippen LogP contribution >= 0.6 is 11.6 Å². The first-order chi connectivity index (χ1) is 13.8. The molecule has 3 rings (SSSR count). The predicted octanol–water partition coefficient (Wildman–Crippen LogP) is 3.68. The molecule has 1 saturated heterocycles. The molecule has 0 saturated carbocycles. The van der Waals surface area contributed by atoms with Gasteiger partial charge in [-0.3, -0.25) is 9.69 Å². The maximum Gasteiger partial charge on any atom is 0.326 e. The van der Waals surface area contributed by atoms with E-state index in [0.29, 0.717) is 24.4 Å². The number of halogens is 1. The number of benzene rings is 2. The van der Waals surface area contributed by atoms with Crippen molar-refractivity contribution >= 4 is 23.5 Å². The van der Waals surface area contributed by atoms with Gasteiger partial charge in [0.25, 0.3) is 5.91 Å². The lowest BCUT2D eigenvalue weighted by molar-refractivity contribution is -0.132. The number of hydrogen-bond donors (Lipinski definition) is 1. The lowest BCUT2D eigenvalue weighted by Crippen LogP contribution is -2.45. The Labute approximate surface area is 176 Å². The van der Waals surface area contributed by atoms with E-state index < -0.39 is 5.54 Å². The second-order valence-electron chi connectivity index (χ2n) is 7.63. The Bertz CT molecular complexity index is 870. The molecule has 1 N–H and O–H groups in total. The van der Waals surface area contributed by atoms with Gasteiger partial charge in [-0.2, -0.15) is 0 Å². The van der Waals surface area contributed by atoms with E-state index in [1.54, 1.807) is 14.0 Å². The molecular weight excluding hydrogens is 390 g/mol. The molecule has 1 aliphatic heterocycles. The van der Waals surface area contributed by atoms with Gasteiger partial charge in [0.05, 0.1) is 13.8 Å². The minimum Gasteiger partial charge on any atom is -0.497 e. The van der Waals surface area contributed by atoms with Gasteiger partial charge in [-0.15, -0.1) is 0 Å². The fraction of sp³-hybridized carbons (Fsp3) is 0.364. The molecule has 0 radical (unpaired) electrons. The van der Waals surface area contributed by atoms with Gasteiger partial charge < -0.3 is 10.1 Å². The number of amides is 3. The van der Waals surface area contributed by atoms with Gasteiger partial charge in [0.15, 0.2) is 0 Å². The molecule has 0 aromatic heterocycles. The van der Waals surface area contributed by atoms with E-state index in [2.05, 4.69) is 5.32 Å². The maximum absolute atomic E-state index is 13.0. The number of imide groups is 1. The molecule has 2 aromatic carbocycles. The van der Waals surface area contributed by atoms with E-state index in [4.69, 9.17) is 16.3 Å². The van der Waals surface area contributed by atoms with E-state index >= 15 is 0 Å². The first kappa shape index (κ1) is 21.1. The van der Waals surface area contributed by atoms with Crippen molar-refractivity contribution in [3.8, 4) is 5.75 Å². The molecule has 0 spiro atoms. The molecule has 7 heteroatoms. The van der Waals surface area contributed by atoms with Crippen molar-refractivity contribution in [2.24, 2.45) is 0 Å². The SMILES string of the molecule is COc1ccc(CC[C@]2(C)NC(=O)N(CN(C)Cc3ccc(Cl)cc3)C2=O)cc1. The zero-order chi connectivity index (χ0) is 21.0. The molecule has 0 unspecified atom stereocenters. The van der Waals surface area contributed by atoms with E-state index in [0.717, 1.165) is 16.9 Å². The second kappa shape index (κ2) is 8.84. The standard InChI is InChI=1S/C22H26ClN3O3/c1-22(13-12-16-6-10-19(29-3)11-7-16)20(27)26(21(28)24-22)15-25(2)14-17-4-8-18(23)9-5-17/h4-11H,12-15H2,1-3H3,(H,24,28)/t22-/m0/s1. The highest BCUT2D eigenvalue weighted by molar-refractivity contribution is 6.30. The first-order valence-corrected chi connectivity index (χ1v) is 9.88. The maximum atomic E-state index is 13.0. The summed E-state index contributed by atoms with van der Waals surface area (Å²) < 4.78 is 5.17. The highest BCUT2D eigenvalue weighted by Crippen LogP contribution is 2.24. The number of nitrogens with zero attached hydrogens (tertiary/aromatic N) is 2. The number of aryl methyl sites for hydroxylation is 1. The summed E-state index contributed by atoms with van der Waals surface area (Å²) in [5.41, 5.74) is 1.25. The summed E-state index contributed by atoms with van der Waals surface area (Å²) >= 11 is 5.92. The van der Waals surface area contributed by atoms with Crippen LogP contribution in [0.3, 0.4) is 0 Å². The Morgan fingerprint density at radius 2 is 1.69 bits per heavy atom. The van der Waals surface area contributed by atoms with E-state index in [1.165, 1.54) is 4.90 Å². The van der Waals surface area contributed by atoms with Crippen LogP contribution in [0, 0.1) is 0 Å². The quantitative estimate of drug-likeness (QED) is 0.668. The number of nitrogens with one attached hydrogen (secondary N) is 1. The number of rotatable bonds is 8. The third-order valence-corrected chi connectivity index (χ3v) is 5.42. The average Bonchev–Trinajstić information content (AvgIpc) is 2.92. The Morgan fingerprint density at radius 3 is 2.31 bits per heavy atom. The molecule has 0 aliphatic carbocycles. The van der Waals surface area contributed by atoms with Gasteiger partial charge >= 0.3 is 6.03 Å². The predicted molar refractivity (Wildman–Crippen MR) is 113 cm³/mol. The summed E-state index contributed by atoms with van der Waals surface area (Å²) in [6.07, 6.45) is 1.21. The molecule has 29 heavy (non-hydrogen) atoms. The van der Waals surface area contributed by atoms with Gasteiger partial charge in [0.1, 0.15) is 11.3 Å². The first-order valence-electron chi connectivity index (χ1n) is 9.51. The van der Waals surface area contributed by atoms with Crippen LogP contribution in [0.1, 0.15) is 24.5 Å². The molecule has 1 atom stereocenters. The van der Waals surface area contributed by atoms with Crippen LogP contribution in [0.2, 0.25) is 5.02 Å². The van der Waals surface area contributed by atoms with Crippen LogP contribution in [-0.4, -0.2) is 48.1 Å². The number of carbonyl (C=O) groups excluding carboxylic acids is 2. The van der Waals surface area contributed by atoms with Crippen molar-refractivity contribution in [3.05, 3.63) is 64.7 Å². The summed E-state index contributed by atoms with van der Waals surface area (Å²) in [5, 5.41) is 3.55. The van der Waals surface area contributed by atoms with Crippen molar-refractivity contribution in [3.63, 3.8) is 0 Å². The van der Waals surface area contributed by atoms with Crippen molar-refractivity contribution in [2.45, 2.75) is 31.8 Å². The van der Waals surface area contributed by atoms with Crippen molar-refractivity contribution < 1.29 is 14.3 Å². The topological polar surface area (TPSA) is 61.9 Å². The van der Waals surface area contributed by atoms with Crippen molar-refractivity contribution in [1.82, 2.24) is 15.1 Å². The molecule has 1 aliphatic rings. The monoisotopic (exact) mass is 415 g/mol. The fourth-order valence-electron chi connectivity index (χ4n) is 3.42. The van der Waals surface area contributed by atoms with Crippen molar-refractivity contribution in [2.75, 3.05) is 20.8 Å². The Balaban J connectivity index is 1.59. The van der Waals surface area contributed by atoms with E-state index in [-0.39, 0.29) is 18.6 Å². The molecule has 1 heterocycles. The van der Waals surface area contributed by atoms with Gasteiger partial charge in [-0.25, -0.2) is 9.69 Å². The highest BCUT2D eigenvalue weighted by Gasteiger charge is 2.47. The zero-order valence-corrected chi connectivity index (χ0v) is 17.7. The van der Waals surface area contributed by atoms with E-state index in [1.807, 2.05) is 60.5 Å². The third kappa shape index (κ3) is 5.08. The summed E-state index contributed by atoms with van der Waals surface area (Å²) in [5.74, 6) is 0.596. The normalized spacial score (nSPS) is 19.0.